The summed E-state index contributed by atoms with van der Waals surface area (Å²) in [6, 6.07) is 13.6. The molecule has 0 aromatic heterocycles. The van der Waals surface area contributed by atoms with Crippen molar-refractivity contribution in [3.05, 3.63) is 53.1 Å². The Morgan fingerprint density at radius 2 is 2.04 bits per heavy atom. The van der Waals surface area contributed by atoms with Crippen LogP contribution in [0.15, 0.2) is 42.5 Å². The largest absolute Gasteiger partial charge is 0.454 e. The van der Waals surface area contributed by atoms with Gasteiger partial charge in [0, 0.05) is 34.8 Å². The fourth-order valence-electron chi connectivity index (χ4n) is 2.20. The van der Waals surface area contributed by atoms with Crippen molar-refractivity contribution < 1.29 is 9.47 Å². The van der Waals surface area contributed by atoms with Crippen LogP contribution in [-0.4, -0.2) is 24.2 Å². The Labute approximate surface area is 155 Å². The molecular formula is C17H17ClN2O2S2. The third-order valence-corrected chi connectivity index (χ3v) is 4.83. The number of thiocarbonyl (C=S) groups is 1. The molecule has 2 N–H and O–H groups in total. The Morgan fingerprint density at radius 3 is 2.92 bits per heavy atom. The van der Waals surface area contributed by atoms with Crippen LogP contribution in [0.3, 0.4) is 0 Å². The van der Waals surface area contributed by atoms with Gasteiger partial charge < -0.3 is 20.1 Å². The predicted molar refractivity (Wildman–Crippen MR) is 104 cm³/mol. The molecule has 2 aromatic rings. The van der Waals surface area contributed by atoms with E-state index in [4.69, 9.17) is 33.3 Å². The number of hydrogen-bond acceptors (Lipinski definition) is 4. The van der Waals surface area contributed by atoms with Gasteiger partial charge in [-0.2, -0.15) is 11.8 Å². The molecule has 0 fully saturated rings. The number of fused-ring (bicyclic) bond motifs is 1. The molecule has 1 aliphatic heterocycles. The van der Waals surface area contributed by atoms with E-state index in [1.807, 2.05) is 48.2 Å². The molecule has 1 heterocycles. The Bertz CT molecular complexity index is 727. The summed E-state index contributed by atoms with van der Waals surface area (Å²) >= 11 is 13.1. The molecule has 0 saturated heterocycles. The van der Waals surface area contributed by atoms with Gasteiger partial charge in [0.05, 0.1) is 0 Å². The maximum atomic E-state index is 5.98. The molecule has 0 bridgehead atoms. The van der Waals surface area contributed by atoms with E-state index in [0.717, 1.165) is 40.3 Å². The summed E-state index contributed by atoms with van der Waals surface area (Å²) in [7, 11) is 0. The van der Waals surface area contributed by atoms with Gasteiger partial charge in [0.2, 0.25) is 6.79 Å². The monoisotopic (exact) mass is 380 g/mol. The quantitative estimate of drug-likeness (QED) is 0.575. The topological polar surface area (TPSA) is 42.5 Å². The average molecular weight is 381 g/mol. The van der Waals surface area contributed by atoms with Crippen molar-refractivity contribution in [1.29, 1.82) is 0 Å². The number of halogens is 1. The minimum Gasteiger partial charge on any atom is -0.454 e. The number of nitrogens with one attached hydrogen (secondary N) is 2. The first-order chi connectivity index (χ1) is 11.7. The van der Waals surface area contributed by atoms with Gasteiger partial charge >= 0.3 is 0 Å². The van der Waals surface area contributed by atoms with E-state index in [1.165, 1.54) is 5.56 Å². The fourth-order valence-corrected chi connectivity index (χ4v) is 3.44. The van der Waals surface area contributed by atoms with E-state index >= 15 is 0 Å². The summed E-state index contributed by atoms with van der Waals surface area (Å²) in [6.45, 7) is 1.06. The average Bonchev–Trinajstić information content (AvgIpc) is 3.02. The highest BCUT2D eigenvalue weighted by Gasteiger charge is 2.13. The normalized spacial score (nSPS) is 12.0. The van der Waals surface area contributed by atoms with Crippen molar-refractivity contribution in [3.63, 3.8) is 0 Å². The molecular weight excluding hydrogens is 364 g/mol. The second kappa shape index (κ2) is 8.46. The number of anilines is 1. The highest BCUT2D eigenvalue weighted by atomic mass is 35.5. The number of hydrogen-bond donors (Lipinski definition) is 2. The lowest BCUT2D eigenvalue weighted by Gasteiger charge is -2.11. The molecule has 24 heavy (non-hydrogen) atoms. The Hall–Kier alpha value is -1.63. The minimum atomic E-state index is 0.269. The lowest BCUT2D eigenvalue weighted by molar-refractivity contribution is 0.174. The molecule has 0 unspecified atom stereocenters. The van der Waals surface area contributed by atoms with Crippen molar-refractivity contribution in [2.75, 3.05) is 24.4 Å². The summed E-state index contributed by atoms with van der Waals surface area (Å²) < 4.78 is 10.6. The van der Waals surface area contributed by atoms with Crippen molar-refractivity contribution in [1.82, 2.24) is 5.32 Å². The van der Waals surface area contributed by atoms with Crippen molar-refractivity contribution in [2.24, 2.45) is 0 Å². The van der Waals surface area contributed by atoms with E-state index in [2.05, 4.69) is 16.7 Å². The molecule has 0 radical (unpaired) electrons. The number of rotatable bonds is 6. The molecule has 1 aliphatic rings. The molecule has 0 amide bonds. The SMILES string of the molecule is S=C(NCCSCc1cccc(Cl)c1)Nc1ccc2c(c1)OCO2. The molecule has 4 nitrogen and oxygen atoms in total. The maximum absolute atomic E-state index is 5.98. The molecule has 0 spiro atoms. The van der Waals surface area contributed by atoms with Crippen LogP contribution in [0.1, 0.15) is 5.56 Å². The van der Waals surface area contributed by atoms with Gasteiger partial charge in [0.25, 0.3) is 0 Å². The zero-order valence-electron chi connectivity index (χ0n) is 12.9. The maximum Gasteiger partial charge on any atom is 0.231 e. The summed E-state index contributed by atoms with van der Waals surface area (Å²) in [4.78, 5) is 0. The van der Waals surface area contributed by atoms with Gasteiger partial charge in [-0.05, 0) is 42.0 Å². The first kappa shape index (κ1) is 17.2. The summed E-state index contributed by atoms with van der Waals surface area (Å²) in [6.07, 6.45) is 0. The van der Waals surface area contributed by atoms with Crippen molar-refractivity contribution >= 4 is 46.4 Å². The van der Waals surface area contributed by atoms with Crippen LogP contribution in [0.5, 0.6) is 11.5 Å². The zero-order valence-corrected chi connectivity index (χ0v) is 15.3. The van der Waals surface area contributed by atoms with E-state index < -0.39 is 0 Å². The second-order valence-electron chi connectivity index (χ2n) is 5.13. The van der Waals surface area contributed by atoms with E-state index in [-0.39, 0.29) is 6.79 Å². The summed E-state index contributed by atoms with van der Waals surface area (Å²) in [5, 5.41) is 7.72. The highest BCUT2D eigenvalue weighted by molar-refractivity contribution is 7.98. The number of ether oxygens (including phenoxy) is 2. The molecule has 126 valence electrons. The van der Waals surface area contributed by atoms with Gasteiger partial charge in [-0.1, -0.05) is 23.7 Å². The first-order valence-electron chi connectivity index (χ1n) is 7.47. The first-order valence-corrected chi connectivity index (χ1v) is 9.41. The van der Waals surface area contributed by atoms with Crippen LogP contribution in [-0.2, 0) is 5.75 Å². The molecule has 7 heteroatoms. The standard InChI is InChI=1S/C17H17ClN2O2S2/c18-13-3-1-2-12(8-13)10-24-7-6-19-17(23)20-14-4-5-15-16(9-14)22-11-21-15/h1-5,8-9H,6-7,10-11H2,(H2,19,20,23). The van der Waals surface area contributed by atoms with Crippen LogP contribution < -0.4 is 20.1 Å². The zero-order chi connectivity index (χ0) is 16.8. The Morgan fingerprint density at radius 1 is 1.17 bits per heavy atom. The van der Waals surface area contributed by atoms with Gasteiger partial charge in [-0.25, -0.2) is 0 Å². The molecule has 3 rings (SSSR count). The Kier molecular flexibility index (Phi) is 6.07. The van der Waals surface area contributed by atoms with Gasteiger partial charge in [0.15, 0.2) is 16.6 Å². The smallest absolute Gasteiger partial charge is 0.231 e. The predicted octanol–water partition coefficient (Wildman–Crippen LogP) is 4.29. The summed E-state index contributed by atoms with van der Waals surface area (Å²) in [5.41, 5.74) is 2.11. The van der Waals surface area contributed by atoms with E-state index in [0.29, 0.717) is 5.11 Å². The van der Waals surface area contributed by atoms with Crippen LogP contribution in [0.4, 0.5) is 5.69 Å². The minimum absolute atomic E-state index is 0.269. The van der Waals surface area contributed by atoms with Gasteiger partial charge in [-0.15, -0.1) is 0 Å². The molecule has 0 saturated carbocycles. The lowest BCUT2D eigenvalue weighted by atomic mass is 10.2. The second-order valence-corrected chi connectivity index (χ2v) is 7.08. The van der Waals surface area contributed by atoms with Crippen LogP contribution in [0, 0.1) is 0 Å². The molecule has 0 aliphatic carbocycles. The van der Waals surface area contributed by atoms with Crippen LogP contribution in [0.2, 0.25) is 5.02 Å². The van der Waals surface area contributed by atoms with E-state index in [9.17, 15) is 0 Å². The molecule has 2 aromatic carbocycles. The van der Waals surface area contributed by atoms with E-state index in [1.54, 1.807) is 0 Å². The van der Waals surface area contributed by atoms with Crippen molar-refractivity contribution in [2.45, 2.75) is 5.75 Å². The van der Waals surface area contributed by atoms with Gasteiger partial charge in [0.1, 0.15) is 0 Å². The molecule has 0 atom stereocenters. The highest BCUT2D eigenvalue weighted by Crippen LogP contribution is 2.34. The lowest BCUT2D eigenvalue weighted by Crippen LogP contribution is -2.30. The Balaban J connectivity index is 1.35. The fraction of sp³-hybridized carbons (Fsp3) is 0.235. The van der Waals surface area contributed by atoms with Crippen LogP contribution in [0.25, 0.3) is 0 Å². The van der Waals surface area contributed by atoms with Crippen molar-refractivity contribution in [3.8, 4) is 11.5 Å². The third kappa shape index (κ3) is 4.93. The third-order valence-electron chi connectivity index (χ3n) is 3.32. The number of benzene rings is 2. The number of thioether (sulfide) groups is 1. The van der Waals surface area contributed by atoms with Gasteiger partial charge in [-0.3, -0.25) is 0 Å². The van der Waals surface area contributed by atoms with Crippen LogP contribution >= 0.6 is 35.6 Å². The summed E-state index contributed by atoms with van der Waals surface area (Å²) in [5.74, 6) is 3.39.